The number of nitrogens with two attached hydrogens (primary N) is 1. The van der Waals surface area contributed by atoms with Crippen molar-refractivity contribution in [1.82, 2.24) is 15.2 Å². The smallest absolute Gasteiger partial charge is 0.208 e. The van der Waals surface area contributed by atoms with Crippen LogP contribution >= 0.6 is 11.8 Å². The van der Waals surface area contributed by atoms with E-state index in [1.54, 1.807) is 11.8 Å². The number of H-pyrrole nitrogens is 1. The first kappa shape index (κ1) is 12.5. The lowest BCUT2D eigenvalue weighted by molar-refractivity contribution is 0.345. The van der Waals surface area contributed by atoms with Gasteiger partial charge in [-0.15, -0.1) is 5.10 Å². The Morgan fingerprint density at radius 1 is 1.47 bits per heavy atom. The van der Waals surface area contributed by atoms with Crippen LogP contribution in [0, 0.1) is 12.3 Å². The molecular formula is C10H20N4S. The van der Waals surface area contributed by atoms with E-state index < -0.39 is 0 Å². The third-order valence-corrected chi connectivity index (χ3v) is 3.29. The molecule has 0 saturated heterocycles. The van der Waals surface area contributed by atoms with E-state index in [0.717, 1.165) is 36.1 Å². The lowest BCUT2D eigenvalue weighted by atomic mass is 9.88. The monoisotopic (exact) mass is 228 g/mol. The molecule has 0 atom stereocenters. The number of aromatic amines is 1. The molecule has 0 aliphatic rings. The fourth-order valence-electron chi connectivity index (χ4n) is 1.20. The van der Waals surface area contributed by atoms with Crippen molar-refractivity contribution < 1.29 is 0 Å². The van der Waals surface area contributed by atoms with E-state index in [0.29, 0.717) is 0 Å². The molecule has 15 heavy (non-hydrogen) atoms. The van der Waals surface area contributed by atoms with Gasteiger partial charge >= 0.3 is 0 Å². The lowest BCUT2D eigenvalue weighted by Gasteiger charge is -2.21. The molecule has 0 fully saturated rings. The van der Waals surface area contributed by atoms with Gasteiger partial charge in [0.2, 0.25) is 5.16 Å². The van der Waals surface area contributed by atoms with Crippen LogP contribution in [0.15, 0.2) is 5.16 Å². The Labute approximate surface area is 95.4 Å². The van der Waals surface area contributed by atoms with Gasteiger partial charge in [-0.25, -0.2) is 4.98 Å². The maximum absolute atomic E-state index is 5.67. The van der Waals surface area contributed by atoms with E-state index in [-0.39, 0.29) is 5.41 Å². The molecule has 1 rings (SSSR count). The van der Waals surface area contributed by atoms with Gasteiger partial charge in [0.1, 0.15) is 5.82 Å². The number of rotatable bonds is 6. The number of aryl methyl sites for hydroxylation is 1. The molecule has 0 bridgehead atoms. The predicted octanol–water partition coefficient (Wildman–Crippen LogP) is 1.97. The first-order valence-corrected chi connectivity index (χ1v) is 6.24. The summed E-state index contributed by atoms with van der Waals surface area (Å²) < 4.78 is 0. The van der Waals surface area contributed by atoms with Crippen molar-refractivity contribution >= 4 is 11.8 Å². The van der Waals surface area contributed by atoms with Gasteiger partial charge in [-0.2, -0.15) is 0 Å². The molecule has 4 nitrogen and oxygen atoms in total. The summed E-state index contributed by atoms with van der Waals surface area (Å²) in [6.45, 7) is 7.06. The molecule has 0 unspecified atom stereocenters. The van der Waals surface area contributed by atoms with E-state index in [9.17, 15) is 0 Å². The van der Waals surface area contributed by atoms with Crippen molar-refractivity contribution in [2.45, 2.75) is 38.8 Å². The summed E-state index contributed by atoms with van der Waals surface area (Å²) in [5, 5.41) is 7.75. The maximum atomic E-state index is 5.67. The zero-order valence-electron chi connectivity index (χ0n) is 9.71. The fourth-order valence-corrected chi connectivity index (χ4v) is 1.99. The van der Waals surface area contributed by atoms with Gasteiger partial charge in [0.15, 0.2) is 0 Å². The van der Waals surface area contributed by atoms with Crippen LogP contribution in [0.5, 0.6) is 0 Å². The first-order chi connectivity index (χ1) is 7.03. The summed E-state index contributed by atoms with van der Waals surface area (Å²) in [5.41, 5.74) is 5.93. The SMILES string of the molecule is Cc1nc(SCCCC(C)(C)CN)n[nH]1. The van der Waals surface area contributed by atoms with Crippen LogP contribution in [-0.4, -0.2) is 27.5 Å². The molecule has 0 aliphatic carbocycles. The van der Waals surface area contributed by atoms with Crippen molar-refractivity contribution in [3.63, 3.8) is 0 Å². The minimum Gasteiger partial charge on any atom is -0.330 e. The number of nitrogens with one attached hydrogen (secondary N) is 1. The summed E-state index contributed by atoms with van der Waals surface area (Å²) in [5.74, 6) is 1.93. The highest BCUT2D eigenvalue weighted by Gasteiger charge is 2.14. The van der Waals surface area contributed by atoms with Gasteiger partial charge in [-0.3, -0.25) is 5.10 Å². The van der Waals surface area contributed by atoms with E-state index in [1.807, 2.05) is 6.92 Å². The number of hydrogen-bond donors (Lipinski definition) is 2. The maximum Gasteiger partial charge on any atom is 0.208 e. The van der Waals surface area contributed by atoms with Crippen molar-refractivity contribution in [2.75, 3.05) is 12.3 Å². The highest BCUT2D eigenvalue weighted by molar-refractivity contribution is 7.99. The van der Waals surface area contributed by atoms with Crippen molar-refractivity contribution in [1.29, 1.82) is 0 Å². The summed E-state index contributed by atoms with van der Waals surface area (Å²) in [7, 11) is 0. The predicted molar refractivity (Wildman–Crippen MR) is 63.9 cm³/mol. The number of thioether (sulfide) groups is 1. The molecular weight excluding hydrogens is 208 g/mol. The van der Waals surface area contributed by atoms with Gasteiger partial charge in [0, 0.05) is 5.75 Å². The summed E-state index contributed by atoms with van der Waals surface area (Å²) in [6, 6.07) is 0. The van der Waals surface area contributed by atoms with E-state index >= 15 is 0 Å². The molecule has 3 N–H and O–H groups in total. The average Bonchev–Trinajstić information content (AvgIpc) is 2.59. The molecule has 5 heteroatoms. The van der Waals surface area contributed by atoms with Gasteiger partial charge < -0.3 is 5.73 Å². The topological polar surface area (TPSA) is 67.6 Å². The Balaban J connectivity index is 2.17. The minimum atomic E-state index is 0.259. The second-order valence-corrected chi connectivity index (χ2v) is 5.59. The van der Waals surface area contributed by atoms with Crippen LogP contribution in [0.1, 0.15) is 32.5 Å². The van der Waals surface area contributed by atoms with Crippen LogP contribution in [0.4, 0.5) is 0 Å². The van der Waals surface area contributed by atoms with Crippen molar-refractivity contribution in [3.05, 3.63) is 5.82 Å². The third-order valence-electron chi connectivity index (χ3n) is 2.36. The molecule has 1 aromatic heterocycles. The van der Waals surface area contributed by atoms with Crippen LogP contribution in [-0.2, 0) is 0 Å². The van der Waals surface area contributed by atoms with E-state index in [4.69, 9.17) is 5.73 Å². The summed E-state index contributed by atoms with van der Waals surface area (Å²) in [4.78, 5) is 4.24. The average molecular weight is 228 g/mol. The zero-order chi connectivity index (χ0) is 11.3. The molecule has 0 saturated carbocycles. The van der Waals surface area contributed by atoms with Gasteiger partial charge in [-0.1, -0.05) is 25.6 Å². The molecule has 0 radical (unpaired) electrons. The Morgan fingerprint density at radius 3 is 2.73 bits per heavy atom. The van der Waals surface area contributed by atoms with Gasteiger partial charge in [-0.05, 0) is 31.7 Å². The third kappa shape index (κ3) is 4.66. The van der Waals surface area contributed by atoms with Crippen molar-refractivity contribution in [3.8, 4) is 0 Å². The highest BCUT2D eigenvalue weighted by Crippen LogP contribution is 2.23. The van der Waals surface area contributed by atoms with Crippen molar-refractivity contribution in [2.24, 2.45) is 11.1 Å². The molecule has 1 aromatic rings. The largest absolute Gasteiger partial charge is 0.330 e. The Bertz CT molecular complexity index is 295. The van der Waals surface area contributed by atoms with E-state index in [2.05, 4.69) is 29.0 Å². The lowest BCUT2D eigenvalue weighted by Crippen LogP contribution is -2.23. The zero-order valence-corrected chi connectivity index (χ0v) is 10.5. The fraction of sp³-hybridized carbons (Fsp3) is 0.800. The van der Waals surface area contributed by atoms with Crippen LogP contribution < -0.4 is 5.73 Å². The second-order valence-electron chi connectivity index (χ2n) is 4.52. The molecule has 0 amide bonds. The van der Waals surface area contributed by atoms with Gasteiger partial charge in [0.25, 0.3) is 0 Å². The molecule has 86 valence electrons. The molecule has 0 aromatic carbocycles. The Morgan fingerprint density at radius 2 is 2.20 bits per heavy atom. The summed E-state index contributed by atoms with van der Waals surface area (Å²) in [6.07, 6.45) is 2.31. The second kappa shape index (κ2) is 5.51. The van der Waals surface area contributed by atoms with Gasteiger partial charge in [0.05, 0.1) is 0 Å². The highest BCUT2D eigenvalue weighted by atomic mass is 32.2. The summed E-state index contributed by atoms with van der Waals surface area (Å²) >= 11 is 1.70. The number of nitrogens with zero attached hydrogens (tertiary/aromatic N) is 2. The molecule has 1 heterocycles. The Hall–Kier alpha value is -0.550. The quantitative estimate of drug-likeness (QED) is 0.577. The van der Waals surface area contributed by atoms with Crippen LogP contribution in [0.25, 0.3) is 0 Å². The van der Waals surface area contributed by atoms with Crippen LogP contribution in [0.2, 0.25) is 0 Å². The molecule has 0 aliphatic heterocycles. The van der Waals surface area contributed by atoms with E-state index in [1.165, 1.54) is 0 Å². The Kier molecular flexibility index (Phi) is 4.60. The number of hydrogen-bond acceptors (Lipinski definition) is 4. The first-order valence-electron chi connectivity index (χ1n) is 5.25. The normalized spacial score (nSPS) is 12.0. The minimum absolute atomic E-state index is 0.259. The standard InChI is InChI=1S/C10H20N4S/c1-8-12-9(14-13-8)15-6-4-5-10(2,3)7-11/h4-7,11H2,1-3H3,(H,12,13,14). The number of aromatic nitrogens is 3. The molecule has 0 spiro atoms. The van der Waals surface area contributed by atoms with Crippen LogP contribution in [0.3, 0.4) is 0 Å².